The van der Waals surface area contributed by atoms with Crippen LogP contribution in [0.2, 0.25) is 0 Å². The van der Waals surface area contributed by atoms with Gasteiger partial charge < -0.3 is 4.42 Å². The van der Waals surface area contributed by atoms with Gasteiger partial charge in [-0.05, 0) is 25.5 Å². The predicted octanol–water partition coefficient (Wildman–Crippen LogP) is 2.96. The molecule has 2 rings (SSSR count). The lowest BCUT2D eigenvalue weighted by molar-refractivity contribution is -0.385. The molecular weight excluding hydrogens is 182 g/mol. The zero-order valence-corrected chi connectivity index (χ0v) is 7.90. The van der Waals surface area contributed by atoms with Gasteiger partial charge in [-0.3, -0.25) is 10.1 Å². The quantitative estimate of drug-likeness (QED) is 0.514. The molecule has 2 aromatic rings. The molecule has 0 aliphatic heterocycles. The second-order valence-electron chi connectivity index (χ2n) is 3.26. The number of aryl methyl sites for hydroxylation is 2. The van der Waals surface area contributed by atoms with Crippen molar-refractivity contribution in [3.8, 4) is 0 Å². The first-order valence-corrected chi connectivity index (χ1v) is 4.23. The molecular formula is C10H9NO3. The highest BCUT2D eigenvalue weighted by atomic mass is 16.6. The summed E-state index contributed by atoms with van der Waals surface area (Å²) < 4.78 is 5.27. The fourth-order valence-electron chi connectivity index (χ4n) is 1.55. The maximum atomic E-state index is 10.6. The van der Waals surface area contributed by atoms with Crippen LogP contribution in [0.15, 0.2) is 22.8 Å². The molecule has 0 amide bonds. The highest BCUT2D eigenvalue weighted by molar-refractivity contribution is 5.86. The molecule has 1 heterocycles. The molecule has 0 unspecified atom stereocenters. The fourth-order valence-corrected chi connectivity index (χ4v) is 1.55. The smallest absolute Gasteiger partial charge is 0.276 e. The highest BCUT2D eigenvalue weighted by Gasteiger charge is 2.15. The van der Waals surface area contributed by atoms with Gasteiger partial charge in [-0.1, -0.05) is 0 Å². The van der Waals surface area contributed by atoms with Gasteiger partial charge in [0.15, 0.2) is 0 Å². The zero-order valence-electron chi connectivity index (χ0n) is 7.90. The lowest BCUT2D eigenvalue weighted by Crippen LogP contribution is -1.91. The maximum Gasteiger partial charge on any atom is 0.276 e. The van der Waals surface area contributed by atoms with Crippen LogP contribution >= 0.6 is 0 Å². The van der Waals surface area contributed by atoms with Crippen molar-refractivity contribution in [3.05, 3.63) is 39.6 Å². The summed E-state index contributed by atoms with van der Waals surface area (Å²) >= 11 is 0. The summed E-state index contributed by atoms with van der Waals surface area (Å²) in [5, 5.41) is 11.6. The number of nitrogens with zero attached hydrogens (tertiary/aromatic N) is 1. The monoisotopic (exact) mass is 191 g/mol. The molecule has 72 valence electrons. The minimum Gasteiger partial charge on any atom is -0.464 e. The van der Waals surface area contributed by atoms with Crippen LogP contribution in [0.4, 0.5) is 5.69 Å². The van der Waals surface area contributed by atoms with Crippen molar-refractivity contribution in [1.29, 1.82) is 0 Å². The van der Waals surface area contributed by atoms with E-state index < -0.39 is 4.92 Å². The van der Waals surface area contributed by atoms with Crippen LogP contribution in [0.25, 0.3) is 11.0 Å². The normalized spacial score (nSPS) is 10.7. The van der Waals surface area contributed by atoms with Crippen molar-refractivity contribution in [2.24, 2.45) is 0 Å². The van der Waals surface area contributed by atoms with E-state index >= 15 is 0 Å². The summed E-state index contributed by atoms with van der Waals surface area (Å²) in [7, 11) is 0. The van der Waals surface area contributed by atoms with Gasteiger partial charge >= 0.3 is 0 Å². The number of rotatable bonds is 1. The van der Waals surface area contributed by atoms with Crippen LogP contribution in [-0.4, -0.2) is 4.92 Å². The molecule has 0 aliphatic rings. The van der Waals surface area contributed by atoms with Crippen molar-refractivity contribution >= 4 is 16.7 Å². The molecule has 14 heavy (non-hydrogen) atoms. The third kappa shape index (κ3) is 1.08. The summed E-state index contributed by atoms with van der Waals surface area (Å²) in [6.45, 7) is 3.61. The Morgan fingerprint density at radius 3 is 2.71 bits per heavy atom. The van der Waals surface area contributed by atoms with Crippen LogP contribution in [0.3, 0.4) is 0 Å². The third-order valence-corrected chi connectivity index (χ3v) is 2.35. The molecule has 0 bridgehead atoms. The van der Waals surface area contributed by atoms with E-state index in [2.05, 4.69) is 0 Å². The molecule has 0 radical (unpaired) electrons. The lowest BCUT2D eigenvalue weighted by Gasteiger charge is -1.97. The average Bonchev–Trinajstić information content (AvgIpc) is 2.49. The van der Waals surface area contributed by atoms with E-state index in [1.165, 1.54) is 6.07 Å². The molecule has 4 heteroatoms. The second-order valence-corrected chi connectivity index (χ2v) is 3.26. The Morgan fingerprint density at radius 2 is 2.07 bits per heavy atom. The van der Waals surface area contributed by atoms with Gasteiger partial charge in [0, 0.05) is 11.5 Å². The molecule has 0 spiro atoms. The summed E-state index contributed by atoms with van der Waals surface area (Å²) in [5.41, 5.74) is 2.29. The van der Waals surface area contributed by atoms with Crippen molar-refractivity contribution in [2.75, 3.05) is 0 Å². The first-order chi connectivity index (χ1) is 6.61. The Balaban J connectivity index is 2.82. The van der Waals surface area contributed by atoms with Crippen LogP contribution in [-0.2, 0) is 0 Å². The number of furan rings is 1. The number of hydrogen-bond acceptors (Lipinski definition) is 3. The highest BCUT2D eigenvalue weighted by Crippen LogP contribution is 2.29. The number of nitro groups is 1. The predicted molar refractivity (Wildman–Crippen MR) is 52.3 cm³/mol. The van der Waals surface area contributed by atoms with Gasteiger partial charge in [0.05, 0.1) is 16.7 Å². The largest absolute Gasteiger partial charge is 0.464 e. The van der Waals surface area contributed by atoms with E-state index in [-0.39, 0.29) is 5.69 Å². The Labute approximate surface area is 80.3 Å². The summed E-state index contributed by atoms with van der Waals surface area (Å²) in [6, 6.07) is 3.24. The number of benzene rings is 1. The van der Waals surface area contributed by atoms with Gasteiger partial charge in [-0.25, -0.2) is 0 Å². The average molecular weight is 191 g/mol. The summed E-state index contributed by atoms with van der Waals surface area (Å²) in [4.78, 5) is 10.2. The van der Waals surface area contributed by atoms with Gasteiger partial charge in [0.25, 0.3) is 5.69 Å². The van der Waals surface area contributed by atoms with Crippen molar-refractivity contribution in [2.45, 2.75) is 13.8 Å². The van der Waals surface area contributed by atoms with Crippen molar-refractivity contribution in [1.82, 2.24) is 0 Å². The fraction of sp³-hybridized carbons (Fsp3) is 0.200. The first kappa shape index (κ1) is 8.74. The molecule has 0 saturated heterocycles. The van der Waals surface area contributed by atoms with Crippen LogP contribution < -0.4 is 0 Å². The minimum atomic E-state index is -0.396. The zero-order chi connectivity index (χ0) is 10.3. The van der Waals surface area contributed by atoms with Crippen LogP contribution in [0, 0.1) is 24.0 Å². The maximum absolute atomic E-state index is 10.6. The summed E-state index contributed by atoms with van der Waals surface area (Å²) in [5.74, 6) is 0. The third-order valence-electron chi connectivity index (χ3n) is 2.35. The lowest BCUT2D eigenvalue weighted by atomic mass is 10.1. The molecule has 0 saturated carbocycles. The van der Waals surface area contributed by atoms with Gasteiger partial charge in [0.1, 0.15) is 5.58 Å². The number of fused-ring (bicyclic) bond motifs is 1. The molecule has 0 N–H and O–H groups in total. The molecule has 0 fully saturated rings. The molecule has 1 aromatic carbocycles. The van der Waals surface area contributed by atoms with E-state index in [1.54, 1.807) is 19.3 Å². The number of hydrogen-bond donors (Lipinski definition) is 0. The second kappa shape index (κ2) is 2.83. The minimum absolute atomic E-state index is 0.104. The Bertz CT molecular complexity index is 513. The molecule has 0 atom stereocenters. The standard InChI is InChI=1S/C10H9NO3/c1-6-5-14-10-7(2)9(11(12)13)4-3-8(6)10/h3-5H,1-2H3. The van der Waals surface area contributed by atoms with Crippen molar-refractivity contribution < 1.29 is 9.34 Å². The first-order valence-electron chi connectivity index (χ1n) is 4.23. The SMILES string of the molecule is Cc1coc2c(C)c([N+](=O)[O-])ccc12. The van der Waals surface area contributed by atoms with E-state index in [4.69, 9.17) is 4.42 Å². The van der Waals surface area contributed by atoms with Gasteiger partial charge in [0.2, 0.25) is 0 Å². The van der Waals surface area contributed by atoms with E-state index in [1.807, 2.05) is 6.92 Å². The van der Waals surface area contributed by atoms with E-state index in [9.17, 15) is 10.1 Å². The van der Waals surface area contributed by atoms with E-state index in [0.717, 1.165) is 10.9 Å². The van der Waals surface area contributed by atoms with E-state index in [0.29, 0.717) is 11.1 Å². The Kier molecular flexibility index (Phi) is 1.77. The summed E-state index contributed by atoms with van der Waals surface area (Å²) in [6.07, 6.45) is 1.61. The van der Waals surface area contributed by atoms with Crippen LogP contribution in [0.5, 0.6) is 0 Å². The number of nitro benzene ring substituents is 1. The van der Waals surface area contributed by atoms with Crippen molar-refractivity contribution in [3.63, 3.8) is 0 Å². The molecule has 4 nitrogen and oxygen atoms in total. The Hall–Kier alpha value is -1.84. The Morgan fingerprint density at radius 1 is 1.36 bits per heavy atom. The van der Waals surface area contributed by atoms with Crippen LogP contribution in [0.1, 0.15) is 11.1 Å². The molecule has 0 aliphatic carbocycles. The van der Waals surface area contributed by atoms with Gasteiger partial charge in [-0.15, -0.1) is 0 Å². The molecule has 1 aromatic heterocycles. The topological polar surface area (TPSA) is 56.3 Å². The van der Waals surface area contributed by atoms with Gasteiger partial charge in [-0.2, -0.15) is 0 Å².